The van der Waals surface area contributed by atoms with E-state index in [0.29, 0.717) is 18.1 Å². The summed E-state index contributed by atoms with van der Waals surface area (Å²) in [5, 5.41) is 8.59. The predicted molar refractivity (Wildman–Crippen MR) is 106 cm³/mol. The Balaban J connectivity index is 0.00000364. The molecule has 0 aliphatic heterocycles. The quantitative estimate of drug-likeness (QED) is 0.188. The van der Waals surface area contributed by atoms with Crippen molar-refractivity contribution in [1.82, 2.24) is 20.6 Å². The average Bonchev–Trinajstić information content (AvgIpc) is 2.62. The first-order chi connectivity index (χ1) is 12.4. The first-order valence-electron chi connectivity index (χ1n) is 7.72. The van der Waals surface area contributed by atoms with Crippen molar-refractivity contribution in [3.05, 3.63) is 53.6 Å². The van der Waals surface area contributed by atoms with Crippen molar-refractivity contribution < 1.29 is 17.6 Å². The number of guanidine groups is 1. The molecule has 0 unspecified atom stereocenters. The van der Waals surface area contributed by atoms with Gasteiger partial charge in [-0.2, -0.15) is 13.2 Å². The van der Waals surface area contributed by atoms with Crippen LogP contribution in [0.4, 0.5) is 23.5 Å². The zero-order valence-corrected chi connectivity index (χ0v) is 16.7. The highest BCUT2D eigenvalue weighted by Gasteiger charge is 2.32. The van der Waals surface area contributed by atoms with E-state index in [1.54, 1.807) is 25.2 Å². The van der Waals surface area contributed by atoms with Gasteiger partial charge in [0.15, 0.2) is 5.96 Å². The monoisotopic (exact) mass is 498 g/mol. The van der Waals surface area contributed by atoms with Gasteiger partial charge in [0.05, 0.1) is 0 Å². The number of aromatic nitrogens is 2. The molecule has 0 radical (unpaired) electrons. The van der Waals surface area contributed by atoms with Crippen molar-refractivity contribution in [2.75, 3.05) is 25.5 Å². The maximum atomic E-state index is 13.6. The third-order valence-electron chi connectivity index (χ3n) is 3.27. The molecule has 0 aliphatic carbocycles. The van der Waals surface area contributed by atoms with E-state index < -0.39 is 11.9 Å². The Labute approximate surface area is 170 Å². The number of nitrogens with one attached hydrogen (secondary N) is 3. The third-order valence-corrected chi connectivity index (χ3v) is 3.27. The molecule has 2 rings (SSSR count). The summed E-state index contributed by atoms with van der Waals surface area (Å²) < 4.78 is 51.3. The van der Waals surface area contributed by atoms with Gasteiger partial charge in [-0.1, -0.05) is 18.2 Å². The Hall–Kier alpha value is -2.18. The lowest BCUT2D eigenvalue weighted by atomic mass is 10.2. The van der Waals surface area contributed by atoms with Crippen molar-refractivity contribution in [1.29, 1.82) is 0 Å². The van der Waals surface area contributed by atoms with E-state index in [0.717, 1.165) is 12.3 Å². The van der Waals surface area contributed by atoms with Crippen LogP contribution in [0.5, 0.6) is 0 Å². The molecule has 0 spiro atoms. The van der Waals surface area contributed by atoms with Crippen molar-refractivity contribution in [2.45, 2.75) is 12.7 Å². The summed E-state index contributed by atoms with van der Waals surface area (Å²) in [5.41, 5.74) is -0.517. The van der Waals surface area contributed by atoms with Gasteiger partial charge in [-0.3, -0.25) is 4.99 Å². The molecular formula is C16H19F4IN6. The molecule has 0 aliphatic rings. The smallest absolute Gasteiger partial charge is 0.355 e. The SMILES string of the molecule is CN=C(NCCNc1nccc(C(F)(F)F)n1)NCc1ccccc1F.I. The Bertz CT molecular complexity index is 754. The maximum absolute atomic E-state index is 13.6. The summed E-state index contributed by atoms with van der Waals surface area (Å²) in [6.45, 7) is 0.856. The van der Waals surface area contributed by atoms with Crippen LogP contribution in [-0.2, 0) is 12.7 Å². The lowest BCUT2D eigenvalue weighted by Crippen LogP contribution is -2.39. The minimum atomic E-state index is -4.52. The fraction of sp³-hybridized carbons (Fsp3) is 0.312. The van der Waals surface area contributed by atoms with Gasteiger partial charge < -0.3 is 16.0 Å². The predicted octanol–water partition coefficient (Wildman–Crippen LogP) is 3.03. The summed E-state index contributed by atoms with van der Waals surface area (Å²) in [6, 6.07) is 7.16. The Morgan fingerprint density at radius 1 is 1.11 bits per heavy atom. The van der Waals surface area contributed by atoms with Crippen molar-refractivity contribution in [2.24, 2.45) is 4.99 Å². The van der Waals surface area contributed by atoms with Crippen LogP contribution >= 0.6 is 24.0 Å². The summed E-state index contributed by atoms with van der Waals surface area (Å²) >= 11 is 0. The third kappa shape index (κ3) is 7.53. The molecule has 3 N–H and O–H groups in total. The van der Waals surface area contributed by atoms with Gasteiger partial charge in [0.2, 0.25) is 5.95 Å². The molecule has 0 amide bonds. The fourth-order valence-corrected chi connectivity index (χ4v) is 2.00. The van der Waals surface area contributed by atoms with E-state index in [2.05, 4.69) is 30.9 Å². The molecule has 0 bridgehead atoms. The number of hydrogen-bond donors (Lipinski definition) is 3. The summed E-state index contributed by atoms with van der Waals surface area (Å²) in [6.07, 6.45) is -3.48. The van der Waals surface area contributed by atoms with E-state index in [-0.39, 0.29) is 48.8 Å². The van der Waals surface area contributed by atoms with Crippen molar-refractivity contribution >= 4 is 35.9 Å². The lowest BCUT2D eigenvalue weighted by Gasteiger charge is -2.13. The molecule has 1 heterocycles. The van der Waals surface area contributed by atoms with Crippen molar-refractivity contribution in [3.63, 3.8) is 0 Å². The summed E-state index contributed by atoms with van der Waals surface area (Å²) in [4.78, 5) is 11.1. The normalized spacial score (nSPS) is 11.5. The van der Waals surface area contributed by atoms with Crippen LogP contribution in [-0.4, -0.2) is 36.1 Å². The van der Waals surface area contributed by atoms with Gasteiger partial charge >= 0.3 is 6.18 Å². The molecule has 2 aromatic rings. The van der Waals surface area contributed by atoms with Crippen LogP contribution in [0.3, 0.4) is 0 Å². The largest absolute Gasteiger partial charge is 0.433 e. The van der Waals surface area contributed by atoms with Gasteiger partial charge in [0.25, 0.3) is 0 Å². The molecule has 11 heteroatoms. The molecule has 0 saturated heterocycles. The Morgan fingerprint density at radius 2 is 1.85 bits per heavy atom. The number of halogens is 5. The standard InChI is InChI=1S/C16H18F4N6.HI/c1-21-14(25-10-11-4-2-3-5-12(11)17)23-8-9-24-15-22-7-6-13(26-15)16(18,19)20;/h2-7H,8-10H2,1H3,(H2,21,23,25)(H,22,24,26);1H. The highest BCUT2D eigenvalue weighted by atomic mass is 127. The van der Waals surface area contributed by atoms with Gasteiger partial charge in [-0.15, -0.1) is 24.0 Å². The van der Waals surface area contributed by atoms with E-state index in [4.69, 9.17) is 0 Å². The van der Waals surface area contributed by atoms with Gasteiger partial charge in [-0.25, -0.2) is 14.4 Å². The zero-order chi connectivity index (χ0) is 19.0. The number of anilines is 1. The van der Waals surface area contributed by atoms with Crippen LogP contribution in [0, 0.1) is 5.82 Å². The van der Waals surface area contributed by atoms with E-state index in [1.807, 2.05) is 0 Å². The average molecular weight is 498 g/mol. The second kappa shape index (κ2) is 10.8. The van der Waals surface area contributed by atoms with Gasteiger partial charge in [0.1, 0.15) is 11.5 Å². The van der Waals surface area contributed by atoms with E-state index in [9.17, 15) is 17.6 Å². The molecule has 0 saturated carbocycles. The molecule has 27 heavy (non-hydrogen) atoms. The number of hydrogen-bond acceptors (Lipinski definition) is 4. The molecule has 0 atom stereocenters. The van der Waals surface area contributed by atoms with Crippen LogP contribution in [0.15, 0.2) is 41.5 Å². The van der Waals surface area contributed by atoms with E-state index in [1.165, 1.54) is 6.07 Å². The number of alkyl halides is 3. The molecule has 1 aromatic carbocycles. The Kier molecular flexibility index (Phi) is 9.18. The van der Waals surface area contributed by atoms with Crippen LogP contribution in [0.25, 0.3) is 0 Å². The second-order valence-corrected chi connectivity index (χ2v) is 5.13. The highest BCUT2D eigenvalue weighted by molar-refractivity contribution is 14.0. The molecule has 0 fully saturated rings. The summed E-state index contributed by atoms with van der Waals surface area (Å²) in [7, 11) is 1.56. The lowest BCUT2D eigenvalue weighted by molar-refractivity contribution is -0.141. The number of rotatable bonds is 6. The molecule has 6 nitrogen and oxygen atoms in total. The van der Waals surface area contributed by atoms with Crippen LogP contribution in [0.1, 0.15) is 11.3 Å². The molecule has 148 valence electrons. The highest BCUT2D eigenvalue weighted by Crippen LogP contribution is 2.27. The van der Waals surface area contributed by atoms with Gasteiger partial charge in [-0.05, 0) is 12.1 Å². The van der Waals surface area contributed by atoms with Crippen LogP contribution in [0.2, 0.25) is 0 Å². The topological polar surface area (TPSA) is 74.2 Å². The van der Waals surface area contributed by atoms with Crippen molar-refractivity contribution in [3.8, 4) is 0 Å². The number of nitrogens with zero attached hydrogens (tertiary/aromatic N) is 3. The Morgan fingerprint density at radius 3 is 2.52 bits per heavy atom. The minimum Gasteiger partial charge on any atom is -0.355 e. The molecular weight excluding hydrogens is 479 g/mol. The summed E-state index contributed by atoms with van der Waals surface area (Å²) in [5.74, 6) is -0.00485. The zero-order valence-electron chi connectivity index (χ0n) is 14.3. The first kappa shape index (κ1) is 22.9. The minimum absolute atomic E-state index is 0. The second-order valence-electron chi connectivity index (χ2n) is 5.13. The number of aliphatic imine (C=N–C) groups is 1. The van der Waals surface area contributed by atoms with Gasteiger partial charge in [0, 0.05) is 38.4 Å². The molecule has 1 aromatic heterocycles. The first-order valence-corrected chi connectivity index (χ1v) is 7.72. The van der Waals surface area contributed by atoms with E-state index >= 15 is 0 Å². The maximum Gasteiger partial charge on any atom is 0.433 e. The fourth-order valence-electron chi connectivity index (χ4n) is 2.00. The van der Waals surface area contributed by atoms with Crippen LogP contribution < -0.4 is 16.0 Å². The number of benzene rings is 1.